The number of carbonyl (C=O) groups excluding carboxylic acids is 1. The molecule has 2 saturated heterocycles. The zero-order valence-corrected chi connectivity index (χ0v) is 12.4. The predicted octanol–water partition coefficient (Wildman–Crippen LogP) is 1.86. The molecule has 2 aliphatic rings. The van der Waals surface area contributed by atoms with Crippen molar-refractivity contribution >= 4 is 5.91 Å². The predicted molar refractivity (Wildman–Crippen MR) is 75.7 cm³/mol. The zero-order valence-electron chi connectivity index (χ0n) is 12.4. The Morgan fingerprint density at radius 3 is 2.80 bits per heavy atom. The third-order valence-corrected chi connectivity index (χ3v) is 4.58. The molecule has 110 valence electrons. The Hall–Kier alpha value is -1.36. The van der Waals surface area contributed by atoms with Gasteiger partial charge in [-0.15, -0.1) is 0 Å². The summed E-state index contributed by atoms with van der Waals surface area (Å²) in [6.45, 7) is 7.94. The highest BCUT2D eigenvalue weighted by Gasteiger charge is 2.34. The fourth-order valence-corrected chi connectivity index (χ4v) is 3.42. The number of hydrogen-bond donors (Lipinski definition) is 0. The molecule has 1 unspecified atom stereocenters. The van der Waals surface area contributed by atoms with E-state index in [2.05, 4.69) is 10.1 Å². The number of likely N-dealkylation sites (tertiary alicyclic amines) is 2. The van der Waals surface area contributed by atoms with Gasteiger partial charge in [0.2, 0.25) is 0 Å². The molecule has 0 N–H and O–H groups in total. The van der Waals surface area contributed by atoms with Gasteiger partial charge in [0, 0.05) is 25.6 Å². The lowest BCUT2D eigenvalue weighted by Crippen LogP contribution is -2.37. The molecule has 3 rings (SSSR count). The van der Waals surface area contributed by atoms with E-state index in [1.165, 1.54) is 25.9 Å². The summed E-state index contributed by atoms with van der Waals surface area (Å²) in [5, 5.41) is 3.94. The molecular formula is C15H23N3O2. The van der Waals surface area contributed by atoms with Crippen molar-refractivity contribution in [1.82, 2.24) is 15.0 Å². The van der Waals surface area contributed by atoms with Crippen molar-refractivity contribution in [2.75, 3.05) is 26.2 Å². The number of nitrogens with zero attached hydrogens (tertiary/aromatic N) is 3. The van der Waals surface area contributed by atoms with Gasteiger partial charge in [0.1, 0.15) is 11.3 Å². The van der Waals surface area contributed by atoms with Crippen molar-refractivity contribution in [3.8, 4) is 0 Å². The second-order valence-corrected chi connectivity index (χ2v) is 5.86. The van der Waals surface area contributed by atoms with Gasteiger partial charge in [-0.2, -0.15) is 0 Å². The summed E-state index contributed by atoms with van der Waals surface area (Å²) in [6.07, 6.45) is 4.41. The molecule has 0 bridgehead atoms. The summed E-state index contributed by atoms with van der Waals surface area (Å²) in [5.41, 5.74) is 1.41. The highest BCUT2D eigenvalue weighted by molar-refractivity contribution is 5.96. The summed E-state index contributed by atoms with van der Waals surface area (Å²) in [4.78, 5) is 17.2. The summed E-state index contributed by atoms with van der Waals surface area (Å²) in [7, 11) is 0. The minimum atomic E-state index is 0.0993. The Kier molecular flexibility index (Phi) is 3.78. The standard InChI is InChI=1S/C15H23N3O2/c1-3-13-14(11(2)16-20-13)15(19)18-9-6-12(10-18)17-7-4-5-8-17/h12H,3-10H2,1-2H3. The molecule has 1 amide bonds. The summed E-state index contributed by atoms with van der Waals surface area (Å²) in [5.74, 6) is 0.819. The first-order valence-corrected chi connectivity index (χ1v) is 7.69. The topological polar surface area (TPSA) is 49.6 Å². The van der Waals surface area contributed by atoms with Gasteiger partial charge < -0.3 is 9.42 Å². The van der Waals surface area contributed by atoms with Crippen molar-refractivity contribution in [1.29, 1.82) is 0 Å². The third kappa shape index (κ3) is 2.35. The number of rotatable bonds is 3. The molecule has 0 spiro atoms. The van der Waals surface area contributed by atoms with E-state index in [0.29, 0.717) is 18.0 Å². The van der Waals surface area contributed by atoms with Crippen LogP contribution in [-0.4, -0.2) is 53.1 Å². The molecule has 0 radical (unpaired) electrons. The van der Waals surface area contributed by atoms with Crippen molar-refractivity contribution in [3.05, 3.63) is 17.0 Å². The van der Waals surface area contributed by atoms with Gasteiger partial charge >= 0.3 is 0 Å². The van der Waals surface area contributed by atoms with E-state index in [9.17, 15) is 4.79 Å². The molecular weight excluding hydrogens is 254 g/mol. The lowest BCUT2D eigenvalue weighted by molar-refractivity contribution is 0.0777. The van der Waals surface area contributed by atoms with Gasteiger partial charge in [0.05, 0.1) is 5.69 Å². The Balaban J connectivity index is 1.70. The van der Waals surface area contributed by atoms with Crippen LogP contribution in [0.3, 0.4) is 0 Å². The van der Waals surface area contributed by atoms with Gasteiger partial charge in [-0.25, -0.2) is 0 Å². The molecule has 2 fully saturated rings. The Labute approximate surface area is 119 Å². The average Bonchev–Trinajstić information content (AvgIpc) is 3.17. The summed E-state index contributed by atoms with van der Waals surface area (Å²) < 4.78 is 5.24. The molecule has 0 aliphatic carbocycles. The van der Waals surface area contributed by atoms with Crippen molar-refractivity contribution < 1.29 is 9.32 Å². The molecule has 20 heavy (non-hydrogen) atoms. The maximum atomic E-state index is 12.7. The van der Waals surface area contributed by atoms with Gasteiger partial charge in [0.15, 0.2) is 0 Å². The molecule has 1 aromatic rings. The first-order valence-electron chi connectivity index (χ1n) is 7.69. The second kappa shape index (κ2) is 5.56. The quantitative estimate of drug-likeness (QED) is 0.846. The molecule has 3 heterocycles. The maximum absolute atomic E-state index is 12.7. The first kappa shape index (κ1) is 13.6. The van der Waals surface area contributed by atoms with Crippen molar-refractivity contribution in [3.63, 3.8) is 0 Å². The fraction of sp³-hybridized carbons (Fsp3) is 0.733. The highest BCUT2D eigenvalue weighted by atomic mass is 16.5. The first-order chi connectivity index (χ1) is 9.70. The van der Waals surface area contributed by atoms with Crippen LogP contribution >= 0.6 is 0 Å². The van der Waals surface area contributed by atoms with Crippen LogP contribution in [-0.2, 0) is 6.42 Å². The molecule has 0 aromatic carbocycles. The fourth-order valence-electron chi connectivity index (χ4n) is 3.42. The summed E-state index contributed by atoms with van der Waals surface area (Å²) >= 11 is 0. The van der Waals surface area contributed by atoms with Crippen LogP contribution in [0.2, 0.25) is 0 Å². The van der Waals surface area contributed by atoms with Crippen LogP contribution in [0.25, 0.3) is 0 Å². The minimum absolute atomic E-state index is 0.0993. The van der Waals surface area contributed by atoms with Crippen LogP contribution < -0.4 is 0 Å². The van der Waals surface area contributed by atoms with E-state index in [4.69, 9.17) is 4.52 Å². The SMILES string of the molecule is CCc1onc(C)c1C(=O)N1CCC(N2CCCC2)C1. The Bertz CT molecular complexity index is 491. The Morgan fingerprint density at radius 2 is 2.10 bits per heavy atom. The van der Waals surface area contributed by atoms with Crippen LogP contribution in [0, 0.1) is 6.92 Å². The molecule has 1 aromatic heterocycles. The number of hydrogen-bond acceptors (Lipinski definition) is 4. The lowest BCUT2D eigenvalue weighted by atomic mass is 10.1. The minimum Gasteiger partial charge on any atom is -0.360 e. The van der Waals surface area contributed by atoms with E-state index in [1.54, 1.807) is 0 Å². The second-order valence-electron chi connectivity index (χ2n) is 5.86. The van der Waals surface area contributed by atoms with Gasteiger partial charge in [0.25, 0.3) is 5.91 Å². The molecule has 5 heteroatoms. The van der Waals surface area contributed by atoms with E-state index >= 15 is 0 Å². The van der Waals surface area contributed by atoms with Gasteiger partial charge in [-0.1, -0.05) is 12.1 Å². The molecule has 2 aliphatic heterocycles. The Morgan fingerprint density at radius 1 is 1.35 bits per heavy atom. The van der Waals surface area contributed by atoms with E-state index in [-0.39, 0.29) is 5.91 Å². The maximum Gasteiger partial charge on any atom is 0.259 e. The molecule has 0 saturated carbocycles. The van der Waals surface area contributed by atoms with Crippen molar-refractivity contribution in [2.45, 2.75) is 45.6 Å². The number of aromatic nitrogens is 1. The average molecular weight is 277 g/mol. The van der Waals surface area contributed by atoms with E-state index in [0.717, 1.165) is 31.0 Å². The summed E-state index contributed by atoms with van der Waals surface area (Å²) in [6, 6.07) is 0.548. The lowest BCUT2D eigenvalue weighted by Gasteiger charge is -2.23. The van der Waals surface area contributed by atoms with E-state index in [1.807, 2.05) is 18.7 Å². The third-order valence-electron chi connectivity index (χ3n) is 4.58. The van der Waals surface area contributed by atoms with Crippen LogP contribution in [0.15, 0.2) is 4.52 Å². The molecule has 1 atom stereocenters. The highest BCUT2D eigenvalue weighted by Crippen LogP contribution is 2.24. The van der Waals surface area contributed by atoms with Crippen LogP contribution in [0.4, 0.5) is 0 Å². The number of aryl methyl sites for hydroxylation is 2. The largest absolute Gasteiger partial charge is 0.360 e. The van der Waals surface area contributed by atoms with Gasteiger partial charge in [-0.3, -0.25) is 9.69 Å². The number of amides is 1. The van der Waals surface area contributed by atoms with Crippen LogP contribution in [0.5, 0.6) is 0 Å². The smallest absolute Gasteiger partial charge is 0.259 e. The normalized spacial score (nSPS) is 23.7. The van der Waals surface area contributed by atoms with Crippen LogP contribution in [0.1, 0.15) is 48.0 Å². The van der Waals surface area contributed by atoms with E-state index < -0.39 is 0 Å². The molecule has 5 nitrogen and oxygen atoms in total. The van der Waals surface area contributed by atoms with Gasteiger partial charge in [-0.05, 0) is 39.3 Å². The number of carbonyl (C=O) groups is 1. The monoisotopic (exact) mass is 277 g/mol. The van der Waals surface area contributed by atoms with Crippen molar-refractivity contribution in [2.24, 2.45) is 0 Å². The zero-order chi connectivity index (χ0) is 14.1.